The third-order valence-corrected chi connectivity index (χ3v) is 11.6. The van der Waals surface area contributed by atoms with Gasteiger partial charge in [0, 0.05) is 18.2 Å². The number of hydrogen-bond donors (Lipinski definition) is 1. The summed E-state index contributed by atoms with van der Waals surface area (Å²) in [5.41, 5.74) is 3.52. The summed E-state index contributed by atoms with van der Waals surface area (Å²) in [6.45, 7) is 11.1. The summed E-state index contributed by atoms with van der Waals surface area (Å²) < 4.78 is 27.1. The van der Waals surface area contributed by atoms with Gasteiger partial charge in [0.2, 0.25) is 8.32 Å². The van der Waals surface area contributed by atoms with Gasteiger partial charge in [0.1, 0.15) is 23.0 Å². The van der Waals surface area contributed by atoms with Gasteiger partial charge in [-0.2, -0.15) is 0 Å². The maximum Gasteiger partial charge on any atom is 0.278 e. The molecule has 38 heavy (non-hydrogen) atoms. The van der Waals surface area contributed by atoms with Crippen LogP contribution in [-0.2, 0) is 12.8 Å². The quantitative estimate of drug-likeness (QED) is 0.231. The van der Waals surface area contributed by atoms with Crippen LogP contribution in [0.1, 0.15) is 43.5 Å². The average molecular weight is 530 g/mol. The summed E-state index contributed by atoms with van der Waals surface area (Å²) in [5.74, 6) is 1.72. The molecule has 0 spiro atoms. The third-order valence-electron chi connectivity index (χ3n) is 7.29. The molecule has 0 fully saturated rings. The van der Waals surface area contributed by atoms with Crippen molar-refractivity contribution in [1.82, 2.24) is 14.5 Å². The van der Waals surface area contributed by atoms with Crippen LogP contribution in [0.4, 0.5) is 4.39 Å². The number of furan rings is 1. The van der Waals surface area contributed by atoms with Gasteiger partial charge >= 0.3 is 0 Å². The maximum atomic E-state index is 13.5. The smallest absolute Gasteiger partial charge is 0.278 e. The molecule has 0 saturated heterocycles. The number of aromatic nitrogens is 3. The molecule has 0 saturated carbocycles. The number of aromatic amines is 1. The maximum absolute atomic E-state index is 13.5. The van der Waals surface area contributed by atoms with Crippen LogP contribution in [0.15, 0.2) is 82.3 Å². The number of nitrogens with zero attached hydrogens (tertiary/aromatic N) is 2. The second-order valence-electron chi connectivity index (χ2n) is 11.2. The molecular formula is C30H32FN3O3Si. The Morgan fingerprint density at radius 2 is 1.82 bits per heavy atom. The number of nitrogens with one attached hydrogen (secondary N) is 1. The summed E-state index contributed by atoms with van der Waals surface area (Å²) in [5, 5.41) is 0.0645. The first-order chi connectivity index (χ1) is 18.0. The van der Waals surface area contributed by atoms with E-state index in [4.69, 9.17) is 13.8 Å². The number of rotatable bonds is 7. The van der Waals surface area contributed by atoms with E-state index in [0.29, 0.717) is 30.1 Å². The van der Waals surface area contributed by atoms with Crippen LogP contribution < -0.4 is 9.99 Å². The average Bonchev–Trinajstić information content (AvgIpc) is 3.48. The van der Waals surface area contributed by atoms with E-state index in [9.17, 15) is 9.18 Å². The van der Waals surface area contributed by atoms with Crippen molar-refractivity contribution in [2.24, 2.45) is 0 Å². The molecule has 5 rings (SSSR count). The van der Waals surface area contributed by atoms with Gasteiger partial charge in [-0.25, -0.2) is 9.37 Å². The lowest BCUT2D eigenvalue weighted by Gasteiger charge is -2.36. The molecule has 2 aliphatic heterocycles. The van der Waals surface area contributed by atoms with Crippen molar-refractivity contribution in [3.63, 3.8) is 0 Å². The third kappa shape index (κ3) is 5.22. The van der Waals surface area contributed by atoms with Crippen molar-refractivity contribution in [3.05, 3.63) is 112 Å². The zero-order valence-electron chi connectivity index (χ0n) is 22.3. The number of benzene rings is 2. The minimum Gasteiger partial charge on any atom is -0.543 e. The normalized spacial score (nSPS) is 12.3. The van der Waals surface area contributed by atoms with E-state index in [1.807, 2.05) is 30.3 Å². The molecule has 0 atom stereocenters. The monoisotopic (exact) mass is 529 g/mol. The van der Waals surface area contributed by atoms with Gasteiger partial charge in [-0.3, -0.25) is 9.36 Å². The molecule has 6 nitrogen and oxygen atoms in total. The molecular weight excluding hydrogens is 497 g/mol. The molecule has 1 N–H and O–H groups in total. The molecule has 3 aromatic rings. The Morgan fingerprint density at radius 3 is 2.50 bits per heavy atom. The number of fused-ring (bicyclic) bond motifs is 1. The highest BCUT2D eigenvalue weighted by Crippen LogP contribution is 2.38. The minimum atomic E-state index is -2.03. The molecule has 0 radical (unpaired) electrons. The van der Waals surface area contributed by atoms with Crippen molar-refractivity contribution in [2.75, 3.05) is 0 Å². The van der Waals surface area contributed by atoms with E-state index >= 15 is 0 Å². The van der Waals surface area contributed by atoms with Crippen molar-refractivity contribution in [3.8, 4) is 22.8 Å². The van der Waals surface area contributed by atoms with E-state index in [2.05, 4.69) is 38.8 Å². The van der Waals surface area contributed by atoms with Crippen LogP contribution in [0.25, 0.3) is 17.1 Å². The summed E-state index contributed by atoms with van der Waals surface area (Å²) in [4.78, 5) is 21.6. The topological polar surface area (TPSA) is 73.1 Å². The van der Waals surface area contributed by atoms with Gasteiger partial charge in [0.15, 0.2) is 5.82 Å². The van der Waals surface area contributed by atoms with E-state index in [-0.39, 0.29) is 16.4 Å². The summed E-state index contributed by atoms with van der Waals surface area (Å²) >= 11 is 0. The fourth-order valence-corrected chi connectivity index (χ4v) is 5.14. The van der Waals surface area contributed by atoms with Gasteiger partial charge in [-0.1, -0.05) is 45.0 Å². The summed E-state index contributed by atoms with van der Waals surface area (Å²) in [6.07, 6.45) is 4.12. The molecule has 1 aromatic heterocycles. The molecule has 0 unspecified atom stereocenters. The summed E-state index contributed by atoms with van der Waals surface area (Å²) in [7, 11) is -2.03. The fraction of sp³-hybridized carbons (Fsp3) is 0.267. The van der Waals surface area contributed by atoms with Gasteiger partial charge in [-0.05, 0) is 60.1 Å². The molecule has 2 aromatic carbocycles. The highest BCUT2D eigenvalue weighted by Gasteiger charge is 2.39. The van der Waals surface area contributed by atoms with Gasteiger partial charge in [-0.15, -0.1) is 0 Å². The molecule has 0 bridgehead atoms. The second-order valence-corrected chi connectivity index (χ2v) is 15.9. The number of imidazole rings is 1. The lowest BCUT2D eigenvalue weighted by molar-refractivity contribution is 0.492. The Balaban J connectivity index is 1.60. The molecule has 3 heterocycles. The highest BCUT2D eigenvalue weighted by atomic mass is 28.4. The van der Waals surface area contributed by atoms with E-state index in [1.54, 1.807) is 35.2 Å². The minimum absolute atomic E-state index is 0.0645. The van der Waals surface area contributed by atoms with Gasteiger partial charge in [0.25, 0.3) is 5.56 Å². The molecule has 196 valence electrons. The van der Waals surface area contributed by atoms with E-state index in [0.717, 1.165) is 28.3 Å². The highest BCUT2D eigenvalue weighted by molar-refractivity contribution is 6.74. The Hall–Kier alpha value is -3.91. The molecule has 0 aliphatic carbocycles. The lowest BCUT2D eigenvalue weighted by atomic mass is 10.1. The number of hydrogen-bond acceptors (Lipinski definition) is 4. The number of H-pyrrole nitrogens is 1. The predicted molar refractivity (Wildman–Crippen MR) is 149 cm³/mol. The van der Waals surface area contributed by atoms with E-state index < -0.39 is 8.32 Å². The van der Waals surface area contributed by atoms with Gasteiger partial charge < -0.3 is 13.8 Å². The first-order valence-corrected chi connectivity index (χ1v) is 15.6. The Morgan fingerprint density at radius 1 is 1.05 bits per heavy atom. The van der Waals surface area contributed by atoms with Crippen LogP contribution in [-0.4, -0.2) is 22.9 Å². The van der Waals surface area contributed by atoms with Crippen LogP contribution in [0.2, 0.25) is 18.1 Å². The Kier molecular flexibility index (Phi) is 6.61. The Labute approximate surface area is 222 Å². The summed E-state index contributed by atoms with van der Waals surface area (Å²) in [6, 6.07) is 17.9. The van der Waals surface area contributed by atoms with Crippen LogP contribution in [0, 0.1) is 5.82 Å². The van der Waals surface area contributed by atoms with Crippen LogP contribution in [0.3, 0.4) is 0 Å². The fourth-order valence-electron chi connectivity index (χ4n) is 4.12. The van der Waals surface area contributed by atoms with Crippen molar-refractivity contribution in [2.45, 2.75) is 51.7 Å². The largest absolute Gasteiger partial charge is 0.543 e. The van der Waals surface area contributed by atoms with E-state index in [1.165, 1.54) is 12.1 Å². The zero-order chi connectivity index (χ0) is 27.1. The molecule has 8 heteroatoms. The lowest BCUT2D eigenvalue weighted by Crippen LogP contribution is -2.43. The SMILES string of the molecule is CC(C)(C)[Si](C)(C)Oc1cccc(-c2cn3c(=O)c(Cc4ccco4)nc-3c(Cc3ccc(F)cc3)[nH]2)c1. The van der Waals surface area contributed by atoms with Crippen molar-refractivity contribution >= 4 is 8.32 Å². The first-order valence-electron chi connectivity index (χ1n) is 12.7. The number of halogens is 1. The zero-order valence-corrected chi connectivity index (χ0v) is 23.3. The van der Waals surface area contributed by atoms with Crippen molar-refractivity contribution in [1.29, 1.82) is 0 Å². The molecule has 2 aliphatic rings. The second kappa shape index (κ2) is 9.76. The van der Waals surface area contributed by atoms with Crippen LogP contribution >= 0.6 is 0 Å². The first kappa shape index (κ1) is 25.7. The molecule has 0 amide bonds. The standard InChI is InChI=1S/C30H32FN3O3Si/c1-30(2,3)38(4,5)37-24-9-6-8-21(17-24)27-19-34-28(25(32-27)16-20-11-13-22(31)14-12-20)33-26(29(34)35)18-23-10-7-15-36-23/h6-15,17,19,32H,16,18H2,1-5H3. The van der Waals surface area contributed by atoms with Gasteiger partial charge in [0.05, 0.1) is 24.1 Å². The Bertz CT molecular complexity index is 1580. The van der Waals surface area contributed by atoms with Crippen molar-refractivity contribution < 1.29 is 13.2 Å². The predicted octanol–water partition coefficient (Wildman–Crippen LogP) is 6.96. The van der Waals surface area contributed by atoms with Crippen LogP contribution in [0.5, 0.6) is 5.75 Å².